The number of aliphatic hydroxyl groups excluding tert-OH is 1. The fraction of sp³-hybridized carbons (Fsp3) is 0.600. The molecule has 94 valence electrons. The Morgan fingerprint density at radius 1 is 1.47 bits per heavy atom. The molecule has 3 N–H and O–H groups in total. The number of hydrogen-bond acceptors (Lipinski definition) is 2. The van der Waals surface area contributed by atoms with Crippen LogP contribution in [0.3, 0.4) is 0 Å². The highest BCUT2D eigenvalue weighted by Gasteiger charge is 2.32. The number of benzene rings is 1. The molecule has 1 aromatic carbocycles. The summed E-state index contributed by atoms with van der Waals surface area (Å²) in [6, 6.07) is 8.39. The van der Waals surface area contributed by atoms with Crippen molar-refractivity contribution in [3.8, 4) is 0 Å². The normalized spacial score (nSPS) is 20.9. The molecule has 17 heavy (non-hydrogen) atoms. The topological polar surface area (TPSA) is 46.2 Å². The second kappa shape index (κ2) is 4.79. The molecule has 2 rings (SSSR count). The van der Waals surface area contributed by atoms with E-state index in [-0.39, 0.29) is 5.41 Å². The van der Waals surface area contributed by atoms with Crippen LogP contribution in [0.1, 0.15) is 56.3 Å². The molecule has 1 aliphatic carbocycles. The molecular weight excluding hydrogens is 210 g/mol. The molecule has 1 aromatic rings. The first-order valence-corrected chi connectivity index (χ1v) is 6.58. The molecule has 0 bridgehead atoms. The smallest absolute Gasteiger partial charge is 0.0855 e. The van der Waals surface area contributed by atoms with E-state index in [0.29, 0.717) is 6.54 Å². The number of aliphatic hydroxyl groups is 1. The molecule has 0 aliphatic heterocycles. The van der Waals surface area contributed by atoms with Gasteiger partial charge in [-0.2, -0.15) is 0 Å². The summed E-state index contributed by atoms with van der Waals surface area (Å²) in [5, 5.41) is 10.5. The Morgan fingerprint density at radius 2 is 2.18 bits per heavy atom. The van der Waals surface area contributed by atoms with Gasteiger partial charge in [-0.1, -0.05) is 38.1 Å². The molecule has 0 radical (unpaired) electrons. The Kier molecular flexibility index (Phi) is 3.55. The Balaban J connectivity index is 2.23. The quantitative estimate of drug-likeness (QED) is 0.821. The Morgan fingerprint density at radius 3 is 2.71 bits per heavy atom. The molecule has 1 fully saturated rings. The van der Waals surface area contributed by atoms with Crippen LogP contribution in [0.5, 0.6) is 0 Å². The fourth-order valence-corrected chi connectivity index (χ4v) is 2.25. The molecule has 2 heteroatoms. The van der Waals surface area contributed by atoms with Crippen LogP contribution >= 0.6 is 0 Å². The summed E-state index contributed by atoms with van der Waals surface area (Å²) in [6.45, 7) is 4.65. The lowest BCUT2D eigenvalue weighted by molar-refractivity contribution is 0.0391. The maximum atomic E-state index is 10.5. The lowest BCUT2D eigenvalue weighted by atomic mass is 9.78. The van der Waals surface area contributed by atoms with E-state index in [9.17, 15) is 5.11 Å². The van der Waals surface area contributed by atoms with Gasteiger partial charge in [0.2, 0.25) is 0 Å². The van der Waals surface area contributed by atoms with Gasteiger partial charge in [0.05, 0.1) is 6.10 Å². The van der Waals surface area contributed by atoms with Crippen LogP contribution in [0.4, 0.5) is 0 Å². The molecule has 2 atom stereocenters. The largest absolute Gasteiger partial charge is 0.388 e. The predicted octanol–water partition coefficient (Wildman–Crippen LogP) is 2.97. The molecule has 0 heterocycles. The maximum absolute atomic E-state index is 10.5. The minimum absolute atomic E-state index is 0.220. The Hall–Kier alpha value is -0.860. The van der Waals surface area contributed by atoms with E-state index >= 15 is 0 Å². The standard InChI is InChI=1S/C15H23NO/c1-3-15(2,10-16)14(17)13-6-4-5-12(9-13)11-7-8-11/h4-6,9,11,14,17H,3,7-8,10,16H2,1-2H3. The lowest BCUT2D eigenvalue weighted by Gasteiger charge is -2.32. The minimum Gasteiger partial charge on any atom is -0.388 e. The number of rotatable bonds is 5. The van der Waals surface area contributed by atoms with Crippen molar-refractivity contribution in [3.05, 3.63) is 35.4 Å². The zero-order valence-electron chi connectivity index (χ0n) is 10.8. The summed E-state index contributed by atoms with van der Waals surface area (Å²) in [7, 11) is 0. The van der Waals surface area contributed by atoms with Crippen molar-refractivity contribution in [1.29, 1.82) is 0 Å². The first-order valence-electron chi connectivity index (χ1n) is 6.58. The van der Waals surface area contributed by atoms with Gasteiger partial charge >= 0.3 is 0 Å². The molecule has 2 nitrogen and oxygen atoms in total. The lowest BCUT2D eigenvalue weighted by Crippen LogP contribution is -2.33. The summed E-state index contributed by atoms with van der Waals surface area (Å²) in [5.41, 5.74) is 7.98. The summed E-state index contributed by atoms with van der Waals surface area (Å²) in [6.07, 6.45) is 3.01. The average molecular weight is 233 g/mol. The monoisotopic (exact) mass is 233 g/mol. The van der Waals surface area contributed by atoms with E-state index in [1.165, 1.54) is 18.4 Å². The van der Waals surface area contributed by atoms with Crippen LogP contribution in [0.25, 0.3) is 0 Å². The summed E-state index contributed by atoms with van der Waals surface area (Å²) in [5.74, 6) is 0.730. The third-order valence-electron chi connectivity index (χ3n) is 4.21. The van der Waals surface area contributed by atoms with Gasteiger partial charge in [-0.3, -0.25) is 0 Å². The SMILES string of the molecule is CCC(C)(CN)C(O)c1cccc(C2CC2)c1. The Labute approximate surface area is 104 Å². The van der Waals surface area contributed by atoms with Crippen molar-refractivity contribution in [1.82, 2.24) is 0 Å². The zero-order valence-corrected chi connectivity index (χ0v) is 10.8. The van der Waals surface area contributed by atoms with Crippen LogP contribution in [0, 0.1) is 5.41 Å². The highest BCUT2D eigenvalue weighted by molar-refractivity contribution is 5.31. The van der Waals surface area contributed by atoms with Crippen molar-refractivity contribution in [3.63, 3.8) is 0 Å². The van der Waals surface area contributed by atoms with Gasteiger partial charge in [-0.05, 0) is 36.3 Å². The van der Waals surface area contributed by atoms with E-state index in [1.807, 2.05) is 6.07 Å². The molecule has 0 amide bonds. The number of hydrogen-bond donors (Lipinski definition) is 2. The fourth-order valence-electron chi connectivity index (χ4n) is 2.25. The van der Waals surface area contributed by atoms with Gasteiger partial charge in [0.15, 0.2) is 0 Å². The van der Waals surface area contributed by atoms with Gasteiger partial charge in [0, 0.05) is 12.0 Å². The molecule has 0 aromatic heterocycles. The van der Waals surface area contributed by atoms with E-state index in [4.69, 9.17) is 5.73 Å². The molecule has 2 unspecified atom stereocenters. The van der Waals surface area contributed by atoms with Gasteiger partial charge in [-0.15, -0.1) is 0 Å². The maximum Gasteiger partial charge on any atom is 0.0855 e. The van der Waals surface area contributed by atoms with Crippen LogP contribution in [-0.2, 0) is 0 Å². The second-order valence-corrected chi connectivity index (χ2v) is 5.56. The highest BCUT2D eigenvalue weighted by atomic mass is 16.3. The van der Waals surface area contributed by atoms with Gasteiger partial charge < -0.3 is 10.8 Å². The third kappa shape index (κ3) is 2.53. The van der Waals surface area contributed by atoms with Crippen LogP contribution in [0.15, 0.2) is 24.3 Å². The average Bonchev–Trinajstić information content (AvgIpc) is 3.21. The summed E-state index contributed by atoms with van der Waals surface area (Å²) < 4.78 is 0. The second-order valence-electron chi connectivity index (χ2n) is 5.56. The van der Waals surface area contributed by atoms with Gasteiger partial charge in [-0.25, -0.2) is 0 Å². The van der Waals surface area contributed by atoms with E-state index in [0.717, 1.165) is 17.9 Å². The molecule has 0 saturated heterocycles. The predicted molar refractivity (Wildman–Crippen MR) is 70.8 cm³/mol. The van der Waals surface area contributed by atoms with Crippen molar-refractivity contribution < 1.29 is 5.11 Å². The zero-order chi connectivity index (χ0) is 12.5. The van der Waals surface area contributed by atoms with Crippen LogP contribution in [-0.4, -0.2) is 11.7 Å². The molecule has 1 saturated carbocycles. The summed E-state index contributed by atoms with van der Waals surface area (Å²) in [4.78, 5) is 0. The van der Waals surface area contributed by atoms with E-state index < -0.39 is 6.10 Å². The summed E-state index contributed by atoms with van der Waals surface area (Å²) >= 11 is 0. The van der Waals surface area contributed by atoms with E-state index in [1.54, 1.807) is 0 Å². The van der Waals surface area contributed by atoms with Crippen LogP contribution in [0.2, 0.25) is 0 Å². The van der Waals surface area contributed by atoms with Crippen molar-refractivity contribution in [2.24, 2.45) is 11.1 Å². The van der Waals surface area contributed by atoms with Crippen molar-refractivity contribution in [2.45, 2.75) is 45.1 Å². The van der Waals surface area contributed by atoms with Crippen molar-refractivity contribution in [2.75, 3.05) is 6.54 Å². The van der Waals surface area contributed by atoms with Gasteiger partial charge in [0.25, 0.3) is 0 Å². The first kappa shape index (κ1) is 12.6. The number of nitrogens with two attached hydrogens (primary N) is 1. The highest BCUT2D eigenvalue weighted by Crippen LogP contribution is 2.42. The van der Waals surface area contributed by atoms with Crippen LogP contribution < -0.4 is 5.73 Å². The van der Waals surface area contributed by atoms with Gasteiger partial charge in [0.1, 0.15) is 0 Å². The van der Waals surface area contributed by atoms with Crippen molar-refractivity contribution >= 4 is 0 Å². The Bertz CT molecular complexity index is 380. The van der Waals surface area contributed by atoms with E-state index in [2.05, 4.69) is 32.0 Å². The molecular formula is C15H23NO. The third-order valence-corrected chi connectivity index (χ3v) is 4.21. The first-order chi connectivity index (χ1) is 8.10. The minimum atomic E-state index is -0.462. The molecule has 0 spiro atoms. The molecule has 1 aliphatic rings.